The lowest BCUT2D eigenvalue weighted by Gasteiger charge is -2.33. The molecule has 82 valence electrons. The van der Waals surface area contributed by atoms with Crippen molar-refractivity contribution in [1.82, 2.24) is 5.32 Å². The summed E-state index contributed by atoms with van der Waals surface area (Å²) in [6, 6.07) is 0.0250. The molecule has 1 aliphatic heterocycles. The highest BCUT2D eigenvalue weighted by Crippen LogP contribution is 2.22. The minimum atomic E-state index is -0.280. The zero-order valence-electron chi connectivity index (χ0n) is 9.25. The van der Waals surface area contributed by atoms with E-state index >= 15 is 0 Å². The predicted octanol–water partition coefficient (Wildman–Crippen LogP) is 1.42. The SMILES string of the molecule is CCCCCC1CC(N)C(=O)NC1C. The maximum absolute atomic E-state index is 11.2. The average Bonchev–Trinajstić information content (AvgIpc) is 2.14. The van der Waals surface area contributed by atoms with Crippen molar-refractivity contribution in [3.05, 3.63) is 0 Å². The number of nitrogens with one attached hydrogen (secondary N) is 1. The first kappa shape index (κ1) is 11.5. The Hall–Kier alpha value is -0.570. The number of hydrogen-bond acceptors (Lipinski definition) is 2. The lowest BCUT2D eigenvalue weighted by Crippen LogP contribution is -2.53. The van der Waals surface area contributed by atoms with Crippen LogP contribution >= 0.6 is 0 Å². The molecular formula is C11H22N2O. The van der Waals surface area contributed by atoms with Gasteiger partial charge in [0, 0.05) is 6.04 Å². The molecule has 14 heavy (non-hydrogen) atoms. The monoisotopic (exact) mass is 198 g/mol. The Balaban J connectivity index is 2.33. The van der Waals surface area contributed by atoms with Crippen LogP contribution in [0.5, 0.6) is 0 Å². The topological polar surface area (TPSA) is 55.1 Å². The number of carbonyl (C=O) groups is 1. The zero-order chi connectivity index (χ0) is 10.6. The Bertz CT molecular complexity index is 194. The summed E-state index contributed by atoms with van der Waals surface area (Å²) < 4.78 is 0. The fraction of sp³-hybridized carbons (Fsp3) is 0.909. The van der Waals surface area contributed by atoms with Crippen LogP contribution in [0.2, 0.25) is 0 Å². The van der Waals surface area contributed by atoms with Gasteiger partial charge in [-0.3, -0.25) is 4.79 Å². The summed E-state index contributed by atoms with van der Waals surface area (Å²) >= 11 is 0. The molecule has 3 nitrogen and oxygen atoms in total. The van der Waals surface area contributed by atoms with E-state index in [1.807, 2.05) is 0 Å². The normalized spacial score (nSPS) is 32.8. The van der Waals surface area contributed by atoms with Crippen molar-refractivity contribution in [1.29, 1.82) is 0 Å². The van der Waals surface area contributed by atoms with Crippen LogP contribution in [-0.4, -0.2) is 18.0 Å². The van der Waals surface area contributed by atoms with Crippen molar-refractivity contribution in [2.75, 3.05) is 0 Å². The van der Waals surface area contributed by atoms with Gasteiger partial charge in [0.2, 0.25) is 5.91 Å². The van der Waals surface area contributed by atoms with E-state index in [1.54, 1.807) is 0 Å². The van der Waals surface area contributed by atoms with Gasteiger partial charge in [-0.25, -0.2) is 0 Å². The second-order valence-corrected chi connectivity index (χ2v) is 4.40. The van der Waals surface area contributed by atoms with Crippen molar-refractivity contribution in [3.8, 4) is 0 Å². The highest BCUT2D eigenvalue weighted by atomic mass is 16.2. The van der Waals surface area contributed by atoms with Crippen LogP contribution in [-0.2, 0) is 4.79 Å². The quantitative estimate of drug-likeness (QED) is 0.671. The number of nitrogens with two attached hydrogens (primary N) is 1. The van der Waals surface area contributed by atoms with E-state index in [9.17, 15) is 4.79 Å². The van der Waals surface area contributed by atoms with Gasteiger partial charge in [0.05, 0.1) is 6.04 Å². The van der Waals surface area contributed by atoms with Crippen LogP contribution < -0.4 is 11.1 Å². The molecule has 0 aromatic rings. The van der Waals surface area contributed by atoms with Crippen molar-refractivity contribution >= 4 is 5.91 Å². The smallest absolute Gasteiger partial charge is 0.237 e. The summed E-state index contributed by atoms with van der Waals surface area (Å²) in [5.41, 5.74) is 5.72. The van der Waals surface area contributed by atoms with Gasteiger partial charge < -0.3 is 11.1 Å². The molecule has 3 unspecified atom stereocenters. The molecule has 0 aromatic heterocycles. The summed E-state index contributed by atoms with van der Waals surface area (Å²) in [7, 11) is 0. The molecule has 3 N–H and O–H groups in total. The van der Waals surface area contributed by atoms with Crippen LogP contribution in [0.3, 0.4) is 0 Å². The number of amides is 1. The van der Waals surface area contributed by atoms with Gasteiger partial charge in [0.15, 0.2) is 0 Å². The van der Waals surface area contributed by atoms with E-state index in [-0.39, 0.29) is 11.9 Å². The standard InChI is InChI=1S/C11H22N2O/c1-3-4-5-6-9-7-10(12)11(14)13-8(9)2/h8-10H,3-7,12H2,1-2H3,(H,13,14). The first-order valence-corrected chi connectivity index (χ1v) is 5.71. The van der Waals surface area contributed by atoms with E-state index in [4.69, 9.17) is 5.73 Å². The van der Waals surface area contributed by atoms with Gasteiger partial charge in [-0.05, 0) is 25.7 Å². The molecule has 1 fully saturated rings. The third-order valence-corrected chi connectivity index (χ3v) is 3.15. The molecular weight excluding hydrogens is 176 g/mol. The van der Waals surface area contributed by atoms with E-state index in [1.165, 1.54) is 25.7 Å². The fourth-order valence-corrected chi connectivity index (χ4v) is 2.11. The lowest BCUT2D eigenvalue weighted by atomic mass is 9.85. The van der Waals surface area contributed by atoms with E-state index in [0.29, 0.717) is 12.0 Å². The molecule has 0 aliphatic carbocycles. The van der Waals surface area contributed by atoms with Gasteiger partial charge in [-0.15, -0.1) is 0 Å². The number of carbonyl (C=O) groups excluding carboxylic acids is 1. The van der Waals surface area contributed by atoms with Gasteiger partial charge in [-0.1, -0.05) is 26.2 Å². The van der Waals surface area contributed by atoms with Crippen LogP contribution in [0.1, 0.15) is 46.0 Å². The Labute approximate surface area is 86.4 Å². The van der Waals surface area contributed by atoms with Gasteiger partial charge in [0.25, 0.3) is 0 Å². The highest BCUT2D eigenvalue weighted by molar-refractivity contribution is 5.82. The minimum absolute atomic E-state index is 0.0178. The number of unbranched alkanes of at least 4 members (excludes halogenated alkanes) is 2. The molecule has 1 amide bonds. The van der Waals surface area contributed by atoms with Gasteiger partial charge in [0.1, 0.15) is 0 Å². The summed E-state index contributed by atoms with van der Waals surface area (Å²) in [5.74, 6) is 0.596. The fourth-order valence-electron chi connectivity index (χ4n) is 2.11. The molecule has 0 bridgehead atoms. The Morgan fingerprint density at radius 2 is 2.21 bits per heavy atom. The predicted molar refractivity (Wildman–Crippen MR) is 57.8 cm³/mol. The molecule has 1 heterocycles. The Morgan fingerprint density at radius 1 is 1.50 bits per heavy atom. The van der Waals surface area contributed by atoms with Crippen LogP contribution in [0.15, 0.2) is 0 Å². The summed E-state index contributed by atoms with van der Waals surface area (Å²) in [6.07, 6.45) is 5.85. The number of hydrogen-bond donors (Lipinski definition) is 2. The molecule has 3 heteroatoms. The third-order valence-electron chi connectivity index (χ3n) is 3.15. The van der Waals surface area contributed by atoms with Crippen molar-refractivity contribution in [2.45, 2.75) is 58.0 Å². The molecule has 0 saturated carbocycles. The Morgan fingerprint density at radius 3 is 2.86 bits per heavy atom. The van der Waals surface area contributed by atoms with Crippen LogP contribution in [0.4, 0.5) is 0 Å². The van der Waals surface area contributed by atoms with E-state index < -0.39 is 0 Å². The third kappa shape index (κ3) is 2.98. The molecule has 3 atom stereocenters. The molecule has 1 rings (SSSR count). The summed E-state index contributed by atoms with van der Waals surface area (Å²) in [6.45, 7) is 4.29. The highest BCUT2D eigenvalue weighted by Gasteiger charge is 2.30. The molecule has 0 spiro atoms. The van der Waals surface area contributed by atoms with Crippen molar-refractivity contribution in [2.24, 2.45) is 11.7 Å². The number of rotatable bonds is 4. The van der Waals surface area contributed by atoms with E-state index in [2.05, 4.69) is 19.2 Å². The largest absolute Gasteiger partial charge is 0.352 e. The maximum atomic E-state index is 11.2. The van der Waals surface area contributed by atoms with Gasteiger partial charge >= 0.3 is 0 Å². The lowest BCUT2D eigenvalue weighted by molar-refractivity contribution is -0.125. The van der Waals surface area contributed by atoms with Crippen molar-refractivity contribution < 1.29 is 4.79 Å². The van der Waals surface area contributed by atoms with Crippen molar-refractivity contribution in [3.63, 3.8) is 0 Å². The van der Waals surface area contributed by atoms with E-state index in [0.717, 1.165) is 6.42 Å². The Kier molecular flexibility index (Phi) is 4.39. The second kappa shape index (κ2) is 5.35. The summed E-state index contributed by atoms with van der Waals surface area (Å²) in [5, 5.41) is 2.94. The second-order valence-electron chi connectivity index (χ2n) is 4.40. The van der Waals surface area contributed by atoms with Gasteiger partial charge in [-0.2, -0.15) is 0 Å². The molecule has 0 aromatic carbocycles. The van der Waals surface area contributed by atoms with Crippen LogP contribution in [0.25, 0.3) is 0 Å². The minimum Gasteiger partial charge on any atom is -0.352 e. The first-order chi connectivity index (χ1) is 6.65. The zero-order valence-corrected chi connectivity index (χ0v) is 9.25. The molecule has 1 aliphatic rings. The molecule has 1 saturated heterocycles. The average molecular weight is 198 g/mol. The maximum Gasteiger partial charge on any atom is 0.237 e. The first-order valence-electron chi connectivity index (χ1n) is 5.71. The molecule has 0 radical (unpaired) electrons. The summed E-state index contributed by atoms with van der Waals surface area (Å²) in [4.78, 5) is 11.2. The van der Waals surface area contributed by atoms with Crippen LogP contribution in [0, 0.1) is 5.92 Å². The number of piperidine rings is 1.